The van der Waals surface area contributed by atoms with Gasteiger partial charge >= 0.3 is 0 Å². The van der Waals surface area contributed by atoms with E-state index in [1.165, 1.54) is 0 Å². The minimum atomic E-state index is -0.687. The fourth-order valence-electron chi connectivity index (χ4n) is 1.26. The summed E-state index contributed by atoms with van der Waals surface area (Å²) in [5.74, 6) is 0.361. The Morgan fingerprint density at radius 2 is 2.23 bits per heavy atom. The summed E-state index contributed by atoms with van der Waals surface area (Å²) in [5, 5.41) is 12.8. The average Bonchev–Trinajstić information content (AvgIpc) is 2.15. The van der Waals surface area contributed by atoms with E-state index in [2.05, 4.69) is 10.3 Å². The van der Waals surface area contributed by atoms with Gasteiger partial charge in [-0.1, -0.05) is 0 Å². The third kappa shape index (κ3) is 3.20. The van der Waals surface area contributed by atoms with Crippen LogP contribution in [-0.2, 0) is 4.74 Å². The quantitative estimate of drug-likeness (QED) is 0.385. The maximum atomic E-state index is 9.96. The summed E-state index contributed by atoms with van der Waals surface area (Å²) >= 11 is 0. The number of nitrogens with two attached hydrogens (primary N) is 1. The number of nitrogens with one attached hydrogen (secondary N) is 1. The van der Waals surface area contributed by atoms with Gasteiger partial charge in [0.2, 0.25) is 0 Å². The van der Waals surface area contributed by atoms with Crippen LogP contribution in [0.3, 0.4) is 0 Å². The zero-order valence-electron chi connectivity index (χ0n) is 7.92. The van der Waals surface area contributed by atoms with E-state index in [-0.39, 0.29) is 0 Å². The Balaban J connectivity index is 2.33. The first-order chi connectivity index (χ1) is 6.16. The SMILES string of the molecule is CN=C(N)NCC1(O)CCOCC1. The molecule has 0 aromatic carbocycles. The maximum absolute atomic E-state index is 9.96. The van der Waals surface area contributed by atoms with Gasteiger partial charge in [0.1, 0.15) is 0 Å². The van der Waals surface area contributed by atoms with Crippen molar-refractivity contribution >= 4 is 5.96 Å². The molecule has 5 heteroatoms. The number of ether oxygens (including phenoxy) is 1. The van der Waals surface area contributed by atoms with Crippen molar-refractivity contribution in [3.8, 4) is 0 Å². The van der Waals surface area contributed by atoms with Crippen LogP contribution < -0.4 is 11.1 Å². The third-order valence-electron chi connectivity index (χ3n) is 2.26. The lowest BCUT2D eigenvalue weighted by Crippen LogP contribution is -2.48. The highest BCUT2D eigenvalue weighted by Crippen LogP contribution is 2.18. The van der Waals surface area contributed by atoms with Gasteiger partial charge in [-0.3, -0.25) is 4.99 Å². The van der Waals surface area contributed by atoms with Crippen molar-refractivity contribution in [2.24, 2.45) is 10.7 Å². The van der Waals surface area contributed by atoms with Gasteiger partial charge in [-0.2, -0.15) is 0 Å². The van der Waals surface area contributed by atoms with E-state index >= 15 is 0 Å². The summed E-state index contributed by atoms with van der Waals surface area (Å²) in [6, 6.07) is 0. The summed E-state index contributed by atoms with van der Waals surface area (Å²) in [6.07, 6.45) is 1.30. The van der Waals surface area contributed by atoms with Crippen molar-refractivity contribution < 1.29 is 9.84 Å². The smallest absolute Gasteiger partial charge is 0.188 e. The van der Waals surface area contributed by atoms with Crippen LogP contribution in [0.15, 0.2) is 4.99 Å². The molecule has 0 aromatic rings. The summed E-state index contributed by atoms with van der Waals surface area (Å²) in [7, 11) is 1.61. The molecule has 13 heavy (non-hydrogen) atoms. The fourth-order valence-corrected chi connectivity index (χ4v) is 1.26. The van der Waals surface area contributed by atoms with Gasteiger partial charge in [0.15, 0.2) is 5.96 Å². The first-order valence-electron chi connectivity index (χ1n) is 4.42. The van der Waals surface area contributed by atoms with Crippen LogP contribution in [0.25, 0.3) is 0 Å². The summed E-state index contributed by atoms with van der Waals surface area (Å²) in [4.78, 5) is 3.74. The fraction of sp³-hybridized carbons (Fsp3) is 0.875. The molecule has 0 radical (unpaired) electrons. The van der Waals surface area contributed by atoms with Crippen LogP contribution in [0, 0.1) is 0 Å². The summed E-state index contributed by atoms with van der Waals surface area (Å²) in [6.45, 7) is 1.67. The molecule has 1 aliphatic rings. The molecular formula is C8H17N3O2. The average molecular weight is 187 g/mol. The van der Waals surface area contributed by atoms with Crippen LogP contribution in [0.5, 0.6) is 0 Å². The lowest BCUT2D eigenvalue weighted by molar-refractivity contribution is -0.0593. The van der Waals surface area contributed by atoms with Crippen LogP contribution in [0.1, 0.15) is 12.8 Å². The van der Waals surface area contributed by atoms with Crippen molar-refractivity contribution in [3.63, 3.8) is 0 Å². The van der Waals surface area contributed by atoms with Gasteiger partial charge in [0.25, 0.3) is 0 Å². The molecule has 0 bridgehead atoms. The van der Waals surface area contributed by atoms with E-state index < -0.39 is 5.60 Å². The van der Waals surface area contributed by atoms with Gasteiger partial charge in [0, 0.05) is 39.6 Å². The van der Waals surface area contributed by atoms with Gasteiger partial charge < -0.3 is 20.9 Å². The van der Waals surface area contributed by atoms with Crippen molar-refractivity contribution in [1.29, 1.82) is 0 Å². The minimum absolute atomic E-state index is 0.361. The van der Waals surface area contributed by atoms with Gasteiger partial charge in [-0.15, -0.1) is 0 Å². The third-order valence-corrected chi connectivity index (χ3v) is 2.26. The number of aliphatic imine (C=N–C) groups is 1. The summed E-state index contributed by atoms with van der Waals surface area (Å²) in [5.41, 5.74) is 4.76. The molecule has 0 aromatic heterocycles. The van der Waals surface area contributed by atoms with Crippen LogP contribution in [0.2, 0.25) is 0 Å². The highest BCUT2D eigenvalue weighted by atomic mass is 16.5. The molecule has 1 fully saturated rings. The lowest BCUT2D eigenvalue weighted by atomic mass is 9.94. The molecule has 1 aliphatic heterocycles. The molecule has 1 saturated heterocycles. The Labute approximate surface area is 78.0 Å². The molecule has 4 N–H and O–H groups in total. The Morgan fingerprint density at radius 1 is 1.62 bits per heavy atom. The first kappa shape index (κ1) is 10.3. The predicted octanol–water partition coefficient (Wildman–Crippen LogP) is -0.938. The Morgan fingerprint density at radius 3 is 2.77 bits per heavy atom. The monoisotopic (exact) mass is 187 g/mol. The highest BCUT2D eigenvalue weighted by Gasteiger charge is 2.29. The van der Waals surface area contributed by atoms with E-state index in [0.717, 1.165) is 0 Å². The molecule has 0 aliphatic carbocycles. The molecule has 5 nitrogen and oxygen atoms in total. The van der Waals surface area contributed by atoms with Crippen molar-refractivity contribution in [2.75, 3.05) is 26.8 Å². The second-order valence-electron chi connectivity index (χ2n) is 3.30. The first-order valence-corrected chi connectivity index (χ1v) is 4.42. The molecule has 76 valence electrons. The van der Waals surface area contributed by atoms with Gasteiger partial charge in [-0.25, -0.2) is 0 Å². The maximum Gasteiger partial charge on any atom is 0.188 e. The van der Waals surface area contributed by atoms with E-state index in [9.17, 15) is 5.11 Å². The second-order valence-corrected chi connectivity index (χ2v) is 3.30. The van der Waals surface area contributed by atoms with Crippen molar-refractivity contribution in [1.82, 2.24) is 5.32 Å². The normalized spacial score (nSPS) is 22.8. The number of hydrogen-bond acceptors (Lipinski definition) is 3. The van der Waals surface area contributed by atoms with Crippen LogP contribution in [-0.4, -0.2) is 43.5 Å². The van der Waals surface area contributed by atoms with Crippen LogP contribution >= 0.6 is 0 Å². The zero-order valence-corrected chi connectivity index (χ0v) is 7.92. The largest absolute Gasteiger partial charge is 0.388 e. The molecule has 0 unspecified atom stereocenters. The lowest BCUT2D eigenvalue weighted by Gasteiger charge is -2.32. The molecule has 1 heterocycles. The Kier molecular flexibility index (Phi) is 3.50. The Bertz CT molecular complexity index is 188. The second kappa shape index (κ2) is 4.43. The van der Waals surface area contributed by atoms with Crippen molar-refractivity contribution in [2.45, 2.75) is 18.4 Å². The standard InChI is InChI=1S/C8H17N3O2/c1-10-7(9)11-6-8(12)2-4-13-5-3-8/h12H,2-6H2,1H3,(H3,9,10,11). The topological polar surface area (TPSA) is 79.9 Å². The van der Waals surface area contributed by atoms with Gasteiger partial charge in [-0.05, 0) is 0 Å². The summed E-state index contributed by atoms with van der Waals surface area (Å²) < 4.78 is 5.15. The number of rotatable bonds is 2. The number of hydrogen-bond donors (Lipinski definition) is 3. The highest BCUT2D eigenvalue weighted by molar-refractivity contribution is 5.77. The van der Waals surface area contributed by atoms with E-state index in [4.69, 9.17) is 10.5 Å². The molecule has 0 spiro atoms. The van der Waals surface area contributed by atoms with E-state index in [1.807, 2.05) is 0 Å². The number of guanidine groups is 1. The molecular weight excluding hydrogens is 170 g/mol. The van der Waals surface area contributed by atoms with E-state index in [1.54, 1.807) is 7.05 Å². The Hall–Kier alpha value is -0.810. The number of nitrogens with zero attached hydrogens (tertiary/aromatic N) is 1. The molecule has 1 rings (SSSR count). The van der Waals surface area contributed by atoms with E-state index in [0.29, 0.717) is 38.6 Å². The molecule has 0 atom stereocenters. The minimum Gasteiger partial charge on any atom is -0.388 e. The molecule has 0 amide bonds. The van der Waals surface area contributed by atoms with Gasteiger partial charge in [0.05, 0.1) is 5.60 Å². The van der Waals surface area contributed by atoms with Crippen LogP contribution in [0.4, 0.5) is 0 Å². The zero-order chi connectivity index (χ0) is 9.73. The molecule has 0 saturated carbocycles. The van der Waals surface area contributed by atoms with Crippen molar-refractivity contribution in [3.05, 3.63) is 0 Å². The predicted molar refractivity (Wildman–Crippen MR) is 50.6 cm³/mol. The number of aliphatic hydroxyl groups is 1.